The van der Waals surface area contributed by atoms with E-state index in [9.17, 15) is 14.4 Å². The van der Waals surface area contributed by atoms with Gasteiger partial charge in [-0.05, 0) is 60.5 Å². The van der Waals surface area contributed by atoms with Gasteiger partial charge in [0.15, 0.2) is 0 Å². The van der Waals surface area contributed by atoms with Gasteiger partial charge in [-0.2, -0.15) is 0 Å². The molecule has 1 N–H and O–H groups in total. The number of nitrogens with zero attached hydrogens (tertiary/aromatic N) is 1. The van der Waals surface area contributed by atoms with Crippen LogP contribution in [-0.2, 0) is 6.54 Å². The second kappa shape index (κ2) is 7.64. The summed E-state index contributed by atoms with van der Waals surface area (Å²) in [5.41, 5.74) is 3.66. The van der Waals surface area contributed by atoms with Crippen molar-refractivity contribution >= 4 is 39.3 Å². The summed E-state index contributed by atoms with van der Waals surface area (Å²) in [7, 11) is 0. The number of carbonyl (C=O) groups excluding carboxylic acids is 3. The van der Waals surface area contributed by atoms with Crippen LogP contribution in [0.3, 0.4) is 0 Å². The third kappa shape index (κ3) is 3.71. The van der Waals surface area contributed by atoms with E-state index in [1.807, 2.05) is 25.1 Å². The Labute approximate surface area is 176 Å². The first-order valence-electron chi connectivity index (χ1n) is 9.06. The Morgan fingerprint density at radius 1 is 0.931 bits per heavy atom. The van der Waals surface area contributed by atoms with E-state index in [0.717, 1.165) is 15.7 Å². The number of nitrogens with one attached hydrogen (secondary N) is 1. The topological polar surface area (TPSA) is 66.5 Å². The first-order valence-corrected chi connectivity index (χ1v) is 9.85. The minimum Gasteiger partial charge on any atom is -0.322 e. The first kappa shape index (κ1) is 19.1. The van der Waals surface area contributed by atoms with Crippen molar-refractivity contribution in [3.8, 4) is 0 Å². The van der Waals surface area contributed by atoms with E-state index >= 15 is 0 Å². The van der Waals surface area contributed by atoms with E-state index < -0.39 is 0 Å². The molecule has 0 saturated carbocycles. The van der Waals surface area contributed by atoms with Crippen molar-refractivity contribution in [3.63, 3.8) is 0 Å². The molecule has 3 amide bonds. The Hall–Kier alpha value is -3.25. The molecule has 144 valence electrons. The van der Waals surface area contributed by atoms with Crippen LogP contribution in [0.5, 0.6) is 0 Å². The predicted octanol–water partition coefficient (Wildman–Crippen LogP) is 4.81. The monoisotopic (exact) mass is 448 g/mol. The van der Waals surface area contributed by atoms with Gasteiger partial charge < -0.3 is 5.32 Å². The maximum atomic E-state index is 12.7. The second-order valence-electron chi connectivity index (χ2n) is 6.86. The van der Waals surface area contributed by atoms with Gasteiger partial charge in [0.1, 0.15) is 0 Å². The Bertz CT molecular complexity index is 1120. The fourth-order valence-corrected chi connectivity index (χ4v) is 3.81. The number of carbonyl (C=O) groups is 3. The lowest BCUT2D eigenvalue weighted by Gasteiger charge is -2.15. The Balaban J connectivity index is 1.53. The normalized spacial score (nSPS) is 12.8. The van der Waals surface area contributed by atoms with Crippen molar-refractivity contribution in [2.45, 2.75) is 13.5 Å². The molecule has 1 heterocycles. The Morgan fingerprint density at radius 3 is 2.28 bits per heavy atom. The summed E-state index contributed by atoms with van der Waals surface area (Å²) in [5.74, 6) is -0.878. The average molecular weight is 449 g/mol. The molecular weight excluding hydrogens is 432 g/mol. The minimum absolute atomic E-state index is 0.116. The maximum Gasteiger partial charge on any atom is 0.261 e. The summed E-state index contributed by atoms with van der Waals surface area (Å²) >= 11 is 3.41. The van der Waals surface area contributed by atoms with Crippen molar-refractivity contribution in [2.75, 3.05) is 5.32 Å². The number of halogens is 1. The molecule has 0 fully saturated rings. The highest BCUT2D eigenvalue weighted by Gasteiger charge is 2.34. The third-order valence-corrected chi connectivity index (χ3v) is 5.34. The molecule has 0 bridgehead atoms. The predicted molar refractivity (Wildman–Crippen MR) is 114 cm³/mol. The van der Waals surface area contributed by atoms with Crippen molar-refractivity contribution < 1.29 is 14.4 Å². The van der Waals surface area contributed by atoms with E-state index in [1.54, 1.807) is 48.5 Å². The highest BCUT2D eigenvalue weighted by Crippen LogP contribution is 2.25. The summed E-state index contributed by atoms with van der Waals surface area (Å²) < 4.78 is 0.941. The average Bonchev–Trinajstić information content (AvgIpc) is 2.95. The number of fused-ring (bicyclic) bond motifs is 1. The highest BCUT2D eigenvalue weighted by atomic mass is 79.9. The summed E-state index contributed by atoms with van der Waals surface area (Å²) in [6.07, 6.45) is 0. The number of benzene rings is 3. The van der Waals surface area contributed by atoms with Crippen LogP contribution in [0, 0.1) is 6.92 Å². The number of imide groups is 1. The molecule has 6 heteroatoms. The molecule has 0 aliphatic carbocycles. The molecule has 0 radical (unpaired) electrons. The minimum atomic E-state index is -0.314. The van der Waals surface area contributed by atoms with E-state index in [2.05, 4.69) is 21.2 Å². The maximum absolute atomic E-state index is 12.7. The molecule has 5 nitrogen and oxygen atoms in total. The zero-order chi connectivity index (χ0) is 20.5. The van der Waals surface area contributed by atoms with Gasteiger partial charge in [0.05, 0.1) is 17.7 Å². The van der Waals surface area contributed by atoms with Crippen LogP contribution < -0.4 is 5.32 Å². The fourth-order valence-electron chi connectivity index (χ4n) is 3.34. The van der Waals surface area contributed by atoms with Gasteiger partial charge in [-0.3, -0.25) is 19.3 Å². The van der Waals surface area contributed by atoms with E-state index in [1.165, 1.54) is 4.90 Å². The number of anilines is 1. The first-order chi connectivity index (χ1) is 13.9. The molecule has 4 rings (SSSR count). The number of aryl methyl sites for hydroxylation is 1. The standard InChI is InChI=1S/C23H17BrN2O3/c1-14-11-17(24)9-10-20(14)25-21(27)16-6-4-5-15(12-16)13-26-22(28)18-7-2-3-8-19(18)23(26)29/h2-12H,13H2,1H3,(H,25,27). The van der Waals surface area contributed by atoms with Crippen LogP contribution in [0.25, 0.3) is 0 Å². The molecule has 0 spiro atoms. The van der Waals surface area contributed by atoms with Crippen LogP contribution in [0.15, 0.2) is 71.2 Å². The van der Waals surface area contributed by atoms with E-state index in [4.69, 9.17) is 0 Å². The molecule has 29 heavy (non-hydrogen) atoms. The summed E-state index contributed by atoms with van der Waals surface area (Å²) in [4.78, 5) is 39.0. The van der Waals surface area contributed by atoms with Gasteiger partial charge in [0, 0.05) is 15.7 Å². The van der Waals surface area contributed by atoms with Crippen LogP contribution in [0.2, 0.25) is 0 Å². The smallest absolute Gasteiger partial charge is 0.261 e. The molecule has 3 aromatic rings. The molecule has 1 aliphatic rings. The van der Waals surface area contributed by atoms with Gasteiger partial charge >= 0.3 is 0 Å². The number of amides is 3. The number of hydrogen-bond acceptors (Lipinski definition) is 3. The largest absolute Gasteiger partial charge is 0.322 e. The van der Waals surface area contributed by atoms with Crippen molar-refractivity contribution in [1.29, 1.82) is 0 Å². The fraction of sp³-hybridized carbons (Fsp3) is 0.0870. The van der Waals surface area contributed by atoms with Crippen LogP contribution in [0.1, 0.15) is 42.2 Å². The van der Waals surface area contributed by atoms with Crippen LogP contribution in [0.4, 0.5) is 5.69 Å². The molecule has 0 unspecified atom stereocenters. The summed E-state index contributed by atoms with van der Waals surface area (Å²) in [5, 5.41) is 2.90. The zero-order valence-electron chi connectivity index (χ0n) is 15.6. The number of rotatable bonds is 4. The van der Waals surface area contributed by atoms with E-state index in [0.29, 0.717) is 22.3 Å². The van der Waals surface area contributed by atoms with Gasteiger partial charge in [0.25, 0.3) is 17.7 Å². The van der Waals surface area contributed by atoms with Crippen molar-refractivity contribution in [1.82, 2.24) is 4.90 Å². The molecular formula is C23H17BrN2O3. The second-order valence-corrected chi connectivity index (χ2v) is 7.77. The third-order valence-electron chi connectivity index (χ3n) is 4.84. The zero-order valence-corrected chi connectivity index (χ0v) is 17.2. The van der Waals surface area contributed by atoms with E-state index in [-0.39, 0.29) is 24.3 Å². The molecule has 3 aromatic carbocycles. The molecule has 0 atom stereocenters. The van der Waals surface area contributed by atoms with Crippen molar-refractivity contribution in [3.05, 3.63) is 99.0 Å². The lowest BCUT2D eigenvalue weighted by molar-refractivity contribution is 0.0642. The Morgan fingerprint density at radius 2 is 1.62 bits per heavy atom. The molecule has 1 aliphatic heterocycles. The van der Waals surface area contributed by atoms with Gasteiger partial charge in [-0.15, -0.1) is 0 Å². The van der Waals surface area contributed by atoms with Gasteiger partial charge in [0.2, 0.25) is 0 Å². The quantitative estimate of drug-likeness (QED) is 0.582. The summed E-state index contributed by atoms with van der Waals surface area (Å²) in [6.45, 7) is 2.03. The SMILES string of the molecule is Cc1cc(Br)ccc1NC(=O)c1cccc(CN2C(=O)c3ccccc3C2=O)c1. The van der Waals surface area contributed by atoms with Crippen LogP contribution >= 0.6 is 15.9 Å². The number of hydrogen-bond donors (Lipinski definition) is 1. The van der Waals surface area contributed by atoms with Gasteiger partial charge in [-0.1, -0.05) is 40.2 Å². The highest BCUT2D eigenvalue weighted by molar-refractivity contribution is 9.10. The van der Waals surface area contributed by atoms with Crippen LogP contribution in [-0.4, -0.2) is 22.6 Å². The Kier molecular flexibility index (Phi) is 5.03. The van der Waals surface area contributed by atoms with Crippen molar-refractivity contribution in [2.24, 2.45) is 0 Å². The van der Waals surface area contributed by atoms with Gasteiger partial charge in [-0.25, -0.2) is 0 Å². The summed E-state index contributed by atoms with van der Waals surface area (Å²) in [6, 6.07) is 19.4. The molecule has 0 saturated heterocycles. The molecule has 0 aromatic heterocycles. The lowest BCUT2D eigenvalue weighted by Crippen LogP contribution is -2.29. The lowest BCUT2D eigenvalue weighted by atomic mass is 10.1.